The number of nitrogen functional groups attached to an aromatic ring is 1. The van der Waals surface area contributed by atoms with E-state index in [1.165, 1.54) is 6.20 Å². The molecular weight excluding hydrogens is 328 g/mol. The lowest BCUT2D eigenvalue weighted by molar-refractivity contribution is 0.0297. The van der Waals surface area contributed by atoms with Gasteiger partial charge >= 0.3 is 0 Å². The molecule has 0 saturated carbocycles. The van der Waals surface area contributed by atoms with Gasteiger partial charge in [-0.2, -0.15) is 0 Å². The van der Waals surface area contributed by atoms with Crippen LogP contribution in [0.2, 0.25) is 0 Å². The Labute approximate surface area is 142 Å². The van der Waals surface area contributed by atoms with Crippen LogP contribution >= 0.6 is 0 Å². The Balaban J connectivity index is 1.85. The van der Waals surface area contributed by atoms with Gasteiger partial charge in [-0.05, 0) is 18.1 Å². The van der Waals surface area contributed by atoms with Crippen LogP contribution < -0.4 is 5.73 Å². The van der Waals surface area contributed by atoms with Gasteiger partial charge in [-0.3, -0.25) is 9.69 Å². The van der Waals surface area contributed by atoms with Crippen LogP contribution in [0.25, 0.3) is 0 Å². The van der Waals surface area contributed by atoms with Gasteiger partial charge in [0, 0.05) is 31.9 Å². The molecule has 0 aromatic carbocycles. The molecule has 0 bridgehead atoms. The molecule has 2 aliphatic rings. The smallest absolute Gasteiger partial charge is 0.255 e. The maximum Gasteiger partial charge on any atom is 0.255 e. The highest BCUT2D eigenvalue weighted by Crippen LogP contribution is 2.28. The zero-order valence-electron chi connectivity index (χ0n) is 14.1. The van der Waals surface area contributed by atoms with E-state index in [-0.39, 0.29) is 29.5 Å². The molecule has 3 rings (SSSR count). The number of hydrogen-bond donors (Lipinski definition) is 1. The molecule has 1 amide bonds. The lowest BCUT2D eigenvalue weighted by Crippen LogP contribution is -2.61. The van der Waals surface area contributed by atoms with Crippen molar-refractivity contribution in [1.82, 2.24) is 14.8 Å². The lowest BCUT2D eigenvalue weighted by Gasteiger charge is -2.44. The summed E-state index contributed by atoms with van der Waals surface area (Å²) in [6.07, 6.45) is 1.45. The molecule has 0 spiro atoms. The van der Waals surface area contributed by atoms with Gasteiger partial charge in [0.15, 0.2) is 9.84 Å². The van der Waals surface area contributed by atoms with E-state index in [4.69, 9.17) is 5.73 Å². The van der Waals surface area contributed by atoms with Crippen LogP contribution in [0, 0.1) is 5.92 Å². The Morgan fingerprint density at radius 1 is 1.29 bits per heavy atom. The minimum atomic E-state index is -3.12. The minimum Gasteiger partial charge on any atom is -0.384 e. The molecule has 1 aromatic rings. The van der Waals surface area contributed by atoms with Crippen LogP contribution in [0.3, 0.4) is 0 Å². The van der Waals surface area contributed by atoms with Gasteiger partial charge in [-0.25, -0.2) is 13.4 Å². The van der Waals surface area contributed by atoms with E-state index in [1.807, 2.05) is 0 Å². The second-order valence-corrected chi connectivity index (χ2v) is 9.22. The predicted octanol–water partition coefficient (Wildman–Crippen LogP) is 0.243. The Morgan fingerprint density at radius 3 is 2.62 bits per heavy atom. The van der Waals surface area contributed by atoms with Crippen LogP contribution in [0.1, 0.15) is 24.2 Å². The lowest BCUT2D eigenvalue weighted by atomic mass is 10.0. The number of fused-ring (bicyclic) bond motifs is 1. The van der Waals surface area contributed by atoms with Crippen molar-refractivity contribution in [3.63, 3.8) is 0 Å². The number of carbonyl (C=O) groups excluding carboxylic acids is 1. The Morgan fingerprint density at radius 2 is 2.00 bits per heavy atom. The van der Waals surface area contributed by atoms with Crippen LogP contribution in [-0.2, 0) is 9.84 Å². The van der Waals surface area contributed by atoms with Crippen molar-refractivity contribution < 1.29 is 13.2 Å². The van der Waals surface area contributed by atoms with Crippen molar-refractivity contribution in [2.75, 3.05) is 36.9 Å². The van der Waals surface area contributed by atoms with E-state index in [0.29, 0.717) is 30.4 Å². The quantitative estimate of drug-likeness (QED) is 0.837. The molecule has 0 radical (unpaired) electrons. The normalized spacial score (nSPS) is 26.5. The van der Waals surface area contributed by atoms with E-state index in [2.05, 4.69) is 23.7 Å². The standard InChI is InChI=1S/C16H24N4O3S/c1-11(2)8-19-5-6-20(14-10-24(22,23)9-13(14)19)16(21)12-3-4-15(17)18-7-12/h3-4,7,11,13-14H,5-6,8-10H2,1-2H3,(H2,17,18). The number of rotatable bonds is 3. The third kappa shape index (κ3) is 3.39. The molecule has 132 valence electrons. The summed E-state index contributed by atoms with van der Waals surface area (Å²) in [4.78, 5) is 20.7. The third-order valence-electron chi connectivity index (χ3n) is 4.68. The number of amides is 1. The number of pyridine rings is 1. The number of sulfone groups is 1. The van der Waals surface area contributed by atoms with Crippen molar-refractivity contribution in [3.05, 3.63) is 23.9 Å². The van der Waals surface area contributed by atoms with Gasteiger partial charge in [0.2, 0.25) is 0 Å². The highest BCUT2D eigenvalue weighted by atomic mass is 32.2. The van der Waals surface area contributed by atoms with Crippen LogP contribution in [0.15, 0.2) is 18.3 Å². The van der Waals surface area contributed by atoms with Gasteiger partial charge in [0.05, 0.1) is 23.1 Å². The first-order valence-corrected chi connectivity index (χ1v) is 10.1. The minimum absolute atomic E-state index is 0.0421. The first-order valence-electron chi connectivity index (χ1n) is 8.24. The summed E-state index contributed by atoms with van der Waals surface area (Å²) in [5.74, 6) is 0.820. The number of aromatic nitrogens is 1. The Hall–Kier alpha value is -1.67. The average molecular weight is 352 g/mol. The zero-order valence-corrected chi connectivity index (χ0v) is 14.9. The number of hydrogen-bond acceptors (Lipinski definition) is 6. The van der Waals surface area contributed by atoms with Crippen molar-refractivity contribution in [1.29, 1.82) is 0 Å². The van der Waals surface area contributed by atoms with Crippen molar-refractivity contribution in [3.8, 4) is 0 Å². The second-order valence-electron chi connectivity index (χ2n) is 7.07. The molecule has 2 fully saturated rings. The van der Waals surface area contributed by atoms with E-state index < -0.39 is 9.84 Å². The van der Waals surface area contributed by atoms with E-state index in [1.54, 1.807) is 17.0 Å². The summed E-state index contributed by atoms with van der Waals surface area (Å²) >= 11 is 0. The van der Waals surface area contributed by atoms with Crippen molar-refractivity contribution in [2.24, 2.45) is 5.92 Å². The molecule has 8 heteroatoms. The summed E-state index contributed by atoms with van der Waals surface area (Å²) in [5.41, 5.74) is 6.02. The molecule has 1 aromatic heterocycles. The van der Waals surface area contributed by atoms with Gasteiger partial charge in [0.1, 0.15) is 5.82 Å². The van der Waals surface area contributed by atoms with Crippen LogP contribution in [0.4, 0.5) is 5.82 Å². The monoisotopic (exact) mass is 352 g/mol. The molecule has 2 saturated heterocycles. The van der Waals surface area contributed by atoms with Gasteiger partial charge < -0.3 is 10.6 Å². The van der Waals surface area contributed by atoms with Crippen molar-refractivity contribution in [2.45, 2.75) is 25.9 Å². The van der Waals surface area contributed by atoms with Gasteiger partial charge in [-0.15, -0.1) is 0 Å². The van der Waals surface area contributed by atoms with Crippen LogP contribution in [-0.4, -0.2) is 72.3 Å². The third-order valence-corrected chi connectivity index (χ3v) is 6.38. The average Bonchev–Trinajstić information content (AvgIpc) is 2.83. The molecular formula is C16H24N4O3S. The van der Waals surface area contributed by atoms with Gasteiger partial charge in [0.25, 0.3) is 5.91 Å². The molecule has 7 nitrogen and oxygen atoms in total. The van der Waals surface area contributed by atoms with E-state index in [0.717, 1.165) is 6.54 Å². The number of carbonyl (C=O) groups is 1. The fourth-order valence-corrected chi connectivity index (χ4v) is 5.68. The fourth-order valence-electron chi connectivity index (χ4n) is 3.67. The highest BCUT2D eigenvalue weighted by Gasteiger charge is 2.48. The first kappa shape index (κ1) is 17.2. The Kier molecular flexibility index (Phi) is 4.52. The summed E-state index contributed by atoms with van der Waals surface area (Å²) < 4.78 is 24.4. The van der Waals surface area contributed by atoms with Crippen molar-refractivity contribution >= 4 is 21.6 Å². The van der Waals surface area contributed by atoms with E-state index >= 15 is 0 Å². The maximum atomic E-state index is 12.8. The number of nitrogens with zero attached hydrogens (tertiary/aromatic N) is 3. The molecule has 3 heterocycles. The molecule has 2 unspecified atom stereocenters. The largest absolute Gasteiger partial charge is 0.384 e. The summed E-state index contributed by atoms with van der Waals surface area (Å²) in [6.45, 7) is 6.32. The number of anilines is 1. The fraction of sp³-hybridized carbons (Fsp3) is 0.625. The van der Waals surface area contributed by atoms with Crippen LogP contribution in [0.5, 0.6) is 0 Å². The zero-order chi connectivity index (χ0) is 17.5. The molecule has 2 aliphatic heterocycles. The molecule has 2 N–H and O–H groups in total. The second kappa shape index (κ2) is 6.33. The predicted molar refractivity (Wildman–Crippen MR) is 92.3 cm³/mol. The maximum absolute atomic E-state index is 12.8. The Bertz CT molecular complexity index is 717. The first-order chi connectivity index (χ1) is 11.3. The topological polar surface area (TPSA) is 96.6 Å². The SMILES string of the molecule is CC(C)CN1CCN(C(=O)c2ccc(N)nc2)C2CS(=O)(=O)CC21. The molecule has 0 aliphatic carbocycles. The number of piperazine rings is 1. The summed E-state index contributed by atoms with van der Waals surface area (Å²) in [5, 5.41) is 0. The van der Waals surface area contributed by atoms with E-state index in [9.17, 15) is 13.2 Å². The van der Waals surface area contributed by atoms with Gasteiger partial charge in [-0.1, -0.05) is 13.8 Å². The number of nitrogens with two attached hydrogens (primary N) is 1. The summed E-state index contributed by atoms with van der Waals surface area (Å²) in [6, 6.07) is 2.83. The molecule has 2 atom stereocenters. The summed E-state index contributed by atoms with van der Waals surface area (Å²) in [7, 11) is -3.12. The highest BCUT2D eigenvalue weighted by molar-refractivity contribution is 7.91. The molecule has 24 heavy (non-hydrogen) atoms.